The highest BCUT2D eigenvalue weighted by Gasteiger charge is 2.31. The van der Waals surface area contributed by atoms with Crippen LogP contribution in [0.15, 0.2) is 91.8 Å². The minimum absolute atomic E-state index is 0.138. The fourth-order valence-electron chi connectivity index (χ4n) is 4.44. The largest absolute Gasteiger partial charge is 0.481 e. The van der Waals surface area contributed by atoms with Gasteiger partial charge in [-0.15, -0.1) is 0 Å². The van der Waals surface area contributed by atoms with E-state index in [1.54, 1.807) is 37.3 Å². The van der Waals surface area contributed by atoms with E-state index in [4.69, 9.17) is 5.11 Å². The van der Waals surface area contributed by atoms with Crippen LogP contribution in [0.1, 0.15) is 44.7 Å². The average molecular weight is 690 g/mol. The van der Waals surface area contributed by atoms with Crippen LogP contribution in [0.5, 0.6) is 0 Å². The molecule has 1 aromatic heterocycles. The van der Waals surface area contributed by atoms with Gasteiger partial charge in [-0.05, 0) is 73.5 Å². The predicted octanol–water partition coefficient (Wildman–Crippen LogP) is 5.53. The van der Waals surface area contributed by atoms with Crippen molar-refractivity contribution in [1.82, 2.24) is 15.3 Å². The second-order valence-corrected chi connectivity index (χ2v) is 10.7. The molecular formula is C34H30F3N7O6. The third kappa shape index (κ3) is 10.2. The number of rotatable bonds is 13. The Hall–Kier alpha value is -6.58. The molecule has 1 atom stereocenters. The van der Waals surface area contributed by atoms with Gasteiger partial charge < -0.3 is 31.7 Å². The topological polar surface area (TPSA) is 192 Å². The number of aryl methyl sites for hydroxylation is 1. The van der Waals surface area contributed by atoms with E-state index >= 15 is 0 Å². The van der Waals surface area contributed by atoms with Gasteiger partial charge in [-0.25, -0.2) is 9.97 Å². The molecule has 13 nitrogen and oxygen atoms in total. The Kier molecular flexibility index (Phi) is 11.6. The zero-order valence-corrected chi connectivity index (χ0v) is 26.3. The van der Waals surface area contributed by atoms with Crippen LogP contribution in [-0.4, -0.2) is 50.7 Å². The number of nitrogens with one attached hydrogen (secondary N) is 5. The van der Waals surface area contributed by atoms with Crippen LogP contribution in [0, 0.1) is 6.92 Å². The number of halogens is 3. The lowest BCUT2D eigenvalue weighted by atomic mass is 10.1. The Morgan fingerprint density at radius 1 is 0.840 bits per heavy atom. The van der Waals surface area contributed by atoms with Crippen molar-refractivity contribution >= 4 is 58.3 Å². The summed E-state index contributed by atoms with van der Waals surface area (Å²) < 4.78 is 39.2. The van der Waals surface area contributed by atoms with Gasteiger partial charge in [0.15, 0.2) is 0 Å². The van der Waals surface area contributed by atoms with Crippen molar-refractivity contribution in [2.24, 2.45) is 0 Å². The smallest absolute Gasteiger partial charge is 0.416 e. The maximum Gasteiger partial charge on any atom is 0.416 e. The number of carboxylic acid groups (broad SMARTS) is 1. The van der Waals surface area contributed by atoms with Crippen LogP contribution in [0.25, 0.3) is 0 Å². The summed E-state index contributed by atoms with van der Waals surface area (Å²) >= 11 is 0. The fourth-order valence-corrected chi connectivity index (χ4v) is 4.44. The number of nitrogens with zero attached hydrogens (tertiary/aromatic N) is 2. The molecule has 1 heterocycles. The van der Waals surface area contributed by atoms with Crippen LogP contribution in [-0.2, 0) is 20.6 Å². The highest BCUT2D eigenvalue weighted by molar-refractivity contribution is 6.08. The number of hydrogen-bond donors (Lipinski definition) is 6. The molecule has 4 amide bonds. The van der Waals surface area contributed by atoms with Gasteiger partial charge in [0.2, 0.25) is 17.8 Å². The molecular weight excluding hydrogens is 659 g/mol. The summed E-state index contributed by atoms with van der Waals surface area (Å²) in [5.74, 6) is -3.60. The summed E-state index contributed by atoms with van der Waals surface area (Å²) in [5.41, 5.74) is 0.792. The summed E-state index contributed by atoms with van der Waals surface area (Å²) in [6.07, 6.45) is -1.45. The Morgan fingerprint density at radius 3 is 2.18 bits per heavy atom. The zero-order valence-electron chi connectivity index (χ0n) is 26.3. The minimum Gasteiger partial charge on any atom is -0.481 e. The highest BCUT2D eigenvalue weighted by atomic mass is 19.4. The number of hydrogen-bond acceptors (Lipinski definition) is 8. The van der Waals surface area contributed by atoms with E-state index in [1.165, 1.54) is 30.6 Å². The SMILES string of the molecule is C=CC(=O)N[C@H](CCC(=O)O)C(=O)Nc1cccc(Nc2ncc(NC(=O)c3cc(NC(=O)c4cccc(C(F)(F)F)c4)ccc3C)cn2)c1. The van der Waals surface area contributed by atoms with Gasteiger partial charge in [0, 0.05) is 34.6 Å². The van der Waals surface area contributed by atoms with Crippen molar-refractivity contribution in [3.63, 3.8) is 0 Å². The quantitative estimate of drug-likeness (QED) is 0.0981. The first-order chi connectivity index (χ1) is 23.7. The van der Waals surface area contributed by atoms with Crippen molar-refractivity contribution in [2.75, 3.05) is 21.3 Å². The summed E-state index contributed by atoms with van der Waals surface area (Å²) in [7, 11) is 0. The van der Waals surface area contributed by atoms with Crippen LogP contribution in [0.3, 0.4) is 0 Å². The van der Waals surface area contributed by atoms with Crippen molar-refractivity contribution in [3.05, 3.63) is 114 Å². The van der Waals surface area contributed by atoms with Crippen molar-refractivity contribution < 1.29 is 42.3 Å². The molecule has 4 rings (SSSR count). The predicted molar refractivity (Wildman–Crippen MR) is 178 cm³/mol. The molecule has 50 heavy (non-hydrogen) atoms. The van der Waals surface area contributed by atoms with Crippen LogP contribution < -0.4 is 26.6 Å². The first-order valence-electron chi connectivity index (χ1n) is 14.8. The molecule has 0 spiro atoms. The number of amides is 4. The number of anilines is 5. The van der Waals surface area contributed by atoms with E-state index in [0.29, 0.717) is 16.9 Å². The number of carbonyl (C=O) groups excluding carboxylic acids is 4. The average Bonchev–Trinajstić information content (AvgIpc) is 3.07. The second kappa shape index (κ2) is 16.0. The van der Waals surface area contributed by atoms with E-state index in [1.807, 2.05) is 0 Å². The zero-order chi connectivity index (χ0) is 36.4. The van der Waals surface area contributed by atoms with E-state index in [0.717, 1.165) is 24.3 Å². The van der Waals surface area contributed by atoms with Crippen molar-refractivity contribution in [2.45, 2.75) is 32.0 Å². The molecule has 16 heteroatoms. The Morgan fingerprint density at radius 2 is 1.50 bits per heavy atom. The third-order valence-corrected chi connectivity index (χ3v) is 6.95. The number of aliphatic carboxylic acids is 1. The van der Waals surface area contributed by atoms with Crippen LogP contribution >= 0.6 is 0 Å². The Balaban J connectivity index is 1.38. The molecule has 0 fully saturated rings. The number of carboxylic acids is 1. The van der Waals surface area contributed by atoms with Gasteiger partial charge in [-0.2, -0.15) is 13.2 Å². The number of benzene rings is 3. The molecule has 258 valence electrons. The monoisotopic (exact) mass is 689 g/mol. The molecule has 6 N–H and O–H groups in total. The third-order valence-electron chi connectivity index (χ3n) is 6.95. The van der Waals surface area contributed by atoms with Crippen molar-refractivity contribution in [3.8, 4) is 0 Å². The molecule has 0 radical (unpaired) electrons. The lowest BCUT2D eigenvalue weighted by Gasteiger charge is -2.17. The number of aromatic nitrogens is 2. The lowest BCUT2D eigenvalue weighted by molar-refractivity contribution is -0.138. The Bertz CT molecular complexity index is 1930. The first-order valence-corrected chi connectivity index (χ1v) is 14.8. The van der Waals surface area contributed by atoms with Gasteiger partial charge in [-0.3, -0.25) is 24.0 Å². The molecule has 0 saturated carbocycles. The molecule has 0 saturated heterocycles. The molecule has 0 aliphatic rings. The van der Waals surface area contributed by atoms with E-state index in [-0.39, 0.29) is 41.3 Å². The van der Waals surface area contributed by atoms with Gasteiger partial charge in [-0.1, -0.05) is 24.8 Å². The minimum atomic E-state index is -4.61. The van der Waals surface area contributed by atoms with Crippen LogP contribution in [0.2, 0.25) is 0 Å². The van der Waals surface area contributed by atoms with E-state index in [9.17, 15) is 37.1 Å². The summed E-state index contributed by atoms with van der Waals surface area (Å²) in [5, 5.41) is 22.1. The second-order valence-electron chi connectivity index (χ2n) is 10.7. The molecule has 0 bridgehead atoms. The number of alkyl halides is 3. The lowest BCUT2D eigenvalue weighted by Crippen LogP contribution is -2.43. The summed E-state index contributed by atoms with van der Waals surface area (Å²) in [6.45, 7) is 5.00. The summed E-state index contributed by atoms with van der Waals surface area (Å²) in [6, 6.07) is 13.8. The number of carbonyl (C=O) groups is 5. The van der Waals surface area contributed by atoms with Crippen molar-refractivity contribution in [1.29, 1.82) is 0 Å². The standard InChI is InChI=1S/C34H30F3N7O6/c1-3-28(45)44-27(12-13-29(46)47)32(50)41-22-8-5-9-23(15-22)43-33-38-17-25(18-39-33)42-31(49)26-16-24(11-10-19(26)2)40-30(48)20-6-4-7-21(14-20)34(35,36)37/h3-11,14-18,27H,1,12-13H2,2H3,(H,40,48)(H,41,50)(H,42,49)(H,44,45)(H,46,47)(H,38,39,43)/t27-/m1/s1. The fraction of sp³-hybridized carbons (Fsp3) is 0.147. The van der Waals surface area contributed by atoms with E-state index < -0.39 is 47.4 Å². The molecule has 0 unspecified atom stereocenters. The molecule has 0 aliphatic heterocycles. The molecule has 4 aromatic rings. The first kappa shape index (κ1) is 36.3. The van der Waals surface area contributed by atoms with Gasteiger partial charge in [0.05, 0.1) is 23.6 Å². The summed E-state index contributed by atoms with van der Waals surface area (Å²) in [4.78, 5) is 69.6. The normalized spacial score (nSPS) is 11.4. The van der Waals surface area contributed by atoms with E-state index in [2.05, 4.69) is 43.1 Å². The maximum absolute atomic E-state index is 13.1. The Labute approximate surface area is 283 Å². The molecule has 3 aromatic carbocycles. The van der Waals surface area contributed by atoms with Crippen LogP contribution in [0.4, 0.5) is 41.9 Å². The highest BCUT2D eigenvalue weighted by Crippen LogP contribution is 2.30. The van der Waals surface area contributed by atoms with Gasteiger partial charge in [0.25, 0.3) is 11.8 Å². The molecule has 0 aliphatic carbocycles. The van der Waals surface area contributed by atoms with Gasteiger partial charge in [0.1, 0.15) is 6.04 Å². The van der Waals surface area contributed by atoms with Gasteiger partial charge >= 0.3 is 12.1 Å². The maximum atomic E-state index is 13.1.